The first-order valence-electron chi connectivity index (χ1n) is 7.78. The van der Waals surface area contributed by atoms with Crippen LogP contribution >= 0.6 is 0 Å². The highest BCUT2D eigenvalue weighted by Gasteiger charge is 2.51. The average molecular weight is 377 g/mol. The van der Waals surface area contributed by atoms with Gasteiger partial charge in [-0.1, -0.05) is 0 Å². The van der Waals surface area contributed by atoms with E-state index < -0.39 is 23.4 Å². The van der Waals surface area contributed by atoms with Crippen LogP contribution in [0, 0.1) is 0 Å². The molecule has 0 saturated heterocycles. The highest BCUT2D eigenvalue weighted by molar-refractivity contribution is 6.08. The summed E-state index contributed by atoms with van der Waals surface area (Å²) in [5.74, 6) is -2.35. The highest BCUT2D eigenvalue weighted by atomic mass is 16.6. The van der Waals surface area contributed by atoms with Crippen LogP contribution in [0.3, 0.4) is 0 Å². The minimum atomic E-state index is -2.14. The van der Waals surface area contributed by atoms with Crippen LogP contribution in [0.1, 0.15) is 12.5 Å². The molecule has 1 amide bonds. The lowest BCUT2D eigenvalue weighted by atomic mass is 9.89. The zero-order valence-corrected chi connectivity index (χ0v) is 15.3. The molecule has 0 aliphatic heterocycles. The molecule has 0 aliphatic carbocycles. The Hall–Kier alpha value is -3.43. The SMILES string of the molecule is COC(=O)C(Cc1c(OC)noc1-c1ccncc1)(NC(C)=O)C(=O)OC. The van der Waals surface area contributed by atoms with Gasteiger partial charge < -0.3 is 24.1 Å². The number of methoxy groups -OCH3 is 3. The van der Waals surface area contributed by atoms with Gasteiger partial charge in [-0.3, -0.25) is 9.78 Å². The van der Waals surface area contributed by atoms with Crippen molar-refractivity contribution in [2.45, 2.75) is 18.9 Å². The Balaban J connectivity index is 2.64. The van der Waals surface area contributed by atoms with Crippen LogP contribution in [0.25, 0.3) is 11.3 Å². The first-order chi connectivity index (χ1) is 12.9. The van der Waals surface area contributed by atoms with E-state index in [1.54, 1.807) is 12.1 Å². The van der Waals surface area contributed by atoms with E-state index in [0.717, 1.165) is 21.1 Å². The molecule has 2 heterocycles. The topological polar surface area (TPSA) is 130 Å². The number of nitrogens with one attached hydrogen (secondary N) is 1. The predicted octanol–water partition coefficient (Wildman–Crippen LogP) is 0.509. The summed E-state index contributed by atoms with van der Waals surface area (Å²) in [7, 11) is 3.54. The Bertz CT molecular complexity index is 816. The third kappa shape index (κ3) is 3.89. The maximum atomic E-state index is 12.5. The second-order valence-corrected chi connectivity index (χ2v) is 5.48. The van der Waals surface area contributed by atoms with E-state index in [4.69, 9.17) is 18.7 Å². The van der Waals surface area contributed by atoms with Gasteiger partial charge in [-0.2, -0.15) is 0 Å². The van der Waals surface area contributed by atoms with Gasteiger partial charge in [0.25, 0.3) is 5.88 Å². The number of ether oxygens (including phenoxy) is 3. The Morgan fingerprint density at radius 2 is 1.70 bits per heavy atom. The summed E-state index contributed by atoms with van der Waals surface area (Å²) in [6.45, 7) is 1.16. The molecule has 10 heteroatoms. The van der Waals surface area contributed by atoms with E-state index in [1.807, 2.05) is 0 Å². The minimum Gasteiger partial charge on any atom is -0.479 e. The summed E-state index contributed by atoms with van der Waals surface area (Å²) in [6.07, 6.45) is 2.71. The lowest BCUT2D eigenvalue weighted by Gasteiger charge is -2.28. The molecule has 10 nitrogen and oxygen atoms in total. The number of aromatic nitrogens is 2. The van der Waals surface area contributed by atoms with Gasteiger partial charge in [-0.05, 0) is 17.3 Å². The van der Waals surface area contributed by atoms with E-state index >= 15 is 0 Å². The monoisotopic (exact) mass is 377 g/mol. The lowest BCUT2D eigenvalue weighted by Crippen LogP contribution is -2.62. The van der Waals surface area contributed by atoms with E-state index in [2.05, 4.69) is 15.5 Å². The summed E-state index contributed by atoms with van der Waals surface area (Å²) >= 11 is 0. The van der Waals surface area contributed by atoms with Crippen molar-refractivity contribution in [1.29, 1.82) is 0 Å². The fraction of sp³-hybridized carbons (Fsp3) is 0.353. The molecule has 0 spiro atoms. The number of rotatable bonds is 7. The molecule has 0 atom stereocenters. The van der Waals surface area contributed by atoms with Gasteiger partial charge in [-0.15, -0.1) is 0 Å². The van der Waals surface area contributed by atoms with Crippen molar-refractivity contribution in [3.05, 3.63) is 30.1 Å². The average Bonchev–Trinajstić information content (AvgIpc) is 3.08. The second kappa shape index (κ2) is 8.30. The molecule has 27 heavy (non-hydrogen) atoms. The third-order valence-corrected chi connectivity index (χ3v) is 3.79. The molecular weight excluding hydrogens is 358 g/mol. The first kappa shape index (κ1) is 19.9. The largest absolute Gasteiger partial charge is 0.479 e. The van der Waals surface area contributed by atoms with Gasteiger partial charge >= 0.3 is 11.9 Å². The summed E-state index contributed by atoms with van der Waals surface area (Å²) in [5.41, 5.74) is -1.29. The van der Waals surface area contributed by atoms with Gasteiger partial charge in [0, 0.05) is 31.3 Å². The normalized spacial score (nSPS) is 10.8. The summed E-state index contributed by atoms with van der Waals surface area (Å²) in [6, 6.07) is 3.31. The van der Waals surface area contributed by atoms with Gasteiger partial charge in [0.05, 0.1) is 26.9 Å². The van der Waals surface area contributed by atoms with Crippen LogP contribution in [0.5, 0.6) is 5.88 Å². The molecule has 0 bridgehead atoms. The Labute approximate surface area is 154 Å². The molecular formula is C17H19N3O7. The summed E-state index contributed by atoms with van der Waals surface area (Å²) < 4.78 is 20.0. The molecule has 2 rings (SSSR count). The van der Waals surface area contributed by atoms with Gasteiger partial charge in [-0.25, -0.2) is 9.59 Å². The van der Waals surface area contributed by atoms with Gasteiger partial charge in [0.2, 0.25) is 11.4 Å². The summed E-state index contributed by atoms with van der Waals surface area (Å²) in [5, 5.41) is 6.15. The van der Waals surface area contributed by atoms with Crippen LogP contribution in [0.15, 0.2) is 29.0 Å². The van der Waals surface area contributed by atoms with E-state index in [9.17, 15) is 14.4 Å². The van der Waals surface area contributed by atoms with Gasteiger partial charge in [0.1, 0.15) is 0 Å². The van der Waals surface area contributed by atoms with Gasteiger partial charge in [0.15, 0.2) is 5.76 Å². The van der Waals surface area contributed by atoms with Crippen LogP contribution in [-0.4, -0.2) is 54.9 Å². The number of hydrogen-bond donors (Lipinski definition) is 1. The number of carbonyl (C=O) groups excluding carboxylic acids is 3. The third-order valence-electron chi connectivity index (χ3n) is 3.79. The molecule has 0 fully saturated rings. The van der Waals surface area contributed by atoms with Crippen molar-refractivity contribution in [1.82, 2.24) is 15.5 Å². The number of carbonyl (C=O) groups is 3. The predicted molar refractivity (Wildman–Crippen MR) is 90.6 cm³/mol. The Morgan fingerprint density at radius 3 is 2.19 bits per heavy atom. The fourth-order valence-corrected chi connectivity index (χ4v) is 2.63. The van der Waals surface area contributed by atoms with E-state index in [0.29, 0.717) is 5.56 Å². The molecule has 0 aromatic carbocycles. The second-order valence-electron chi connectivity index (χ2n) is 5.48. The molecule has 0 unspecified atom stereocenters. The lowest BCUT2D eigenvalue weighted by molar-refractivity contribution is -0.165. The van der Waals surface area contributed by atoms with Crippen LogP contribution < -0.4 is 10.1 Å². The number of hydrogen-bond acceptors (Lipinski definition) is 9. The number of esters is 2. The van der Waals surface area contributed by atoms with Crippen molar-refractivity contribution in [3.8, 4) is 17.2 Å². The number of pyridine rings is 1. The standard InChI is InChI=1S/C17H19N3O7/c1-10(21)19-17(15(22)25-3,16(23)26-4)9-12-13(27-20-14(12)24-2)11-5-7-18-8-6-11/h5-8H,9H2,1-4H3,(H,19,21). The van der Waals surface area contributed by atoms with Crippen molar-refractivity contribution in [2.75, 3.05) is 21.3 Å². The Morgan fingerprint density at radius 1 is 1.11 bits per heavy atom. The van der Waals surface area contributed by atoms with Crippen molar-refractivity contribution in [3.63, 3.8) is 0 Å². The first-order valence-corrected chi connectivity index (χ1v) is 7.78. The smallest absolute Gasteiger partial charge is 0.343 e. The molecule has 1 N–H and O–H groups in total. The quantitative estimate of drug-likeness (QED) is 0.541. The van der Waals surface area contributed by atoms with Crippen molar-refractivity contribution < 1.29 is 33.1 Å². The molecule has 144 valence electrons. The fourth-order valence-electron chi connectivity index (χ4n) is 2.63. The summed E-state index contributed by atoms with van der Waals surface area (Å²) in [4.78, 5) is 40.7. The Kier molecular flexibility index (Phi) is 6.11. The highest BCUT2D eigenvalue weighted by Crippen LogP contribution is 2.34. The maximum Gasteiger partial charge on any atom is 0.343 e. The minimum absolute atomic E-state index is 0.0457. The van der Waals surface area contributed by atoms with Crippen LogP contribution in [-0.2, 0) is 30.3 Å². The van der Waals surface area contributed by atoms with E-state index in [-0.39, 0.29) is 23.6 Å². The number of nitrogens with zero attached hydrogens (tertiary/aromatic N) is 2. The molecule has 2 aromatic rings. The number of amides is 1. The maximum absolute atomic E-state index is 12.5. The van der Waals surface area contributed by atoms with Crippen LogP contribution in [0.4, 0.5) is 0 Å². The molecule has 2 aromatic heterocycles. The molecule has 0 saturated carbocycles. The van der Waals surface area contributed by atoms with E-state index in [1.165, 1.54) is 19.5 Å². The van der Waals surface area contributed by atoms with Crippen molar-refractivity contribution >= 4 is 17.8 Å². The molecule has 0 radical (unpaired) electrons. The molecule has 0 aliphatic rings. The zero-order chi connectivity index (χ0) is 20.0. The zero-order valence-electron chi connectivity index (χ0n) is 15.3. The van der Waals surface area contributed by atoms with Crippen LogP contribution in [0.2, 0.25) is 0 Å². The van der Waals surface area contributed by atoms with Crippen molar-refractivity contribution in [2.24, 2.45) is 0 Å².